The van der Waals surface area contributed by atoms with Gasteiger partial charge in [0.2, 0.25) is 5.91 Å². The molecule has 1 saturated carbocycles. The van der Waals surface area contributed by atoms with Crippen molar-refractivity contribution in [3.8, 4) is 11.5 Å². The molecule has 3 N–H and O–H groups in total. The zero-order chi connectivity index (χ0) is 23.6. The molecule has 1 aromatic heterocycles. The summed E-state index contributed by atoms with van der Waals surface area (Å²) in [6.07, 6.45) is -2.19. The maximum Gasteiger partial charge on any atom is 0.586 e. The number of hydrogen-bond donors (Lipinski definition) is 3. The van der Waals surface area contributed by atoms with E-state index in [2.05, 4.69) is 19.8 Å². The van der Waals surface area contributed by atoms with Crippen molar-refractivity contribution in [1.82, 2.24) is 4.98 Å². The predicted octanol–water partition coefficient (Wildman–Crippen LogP) is 4.96. The first-order valence-electron chi connectivity index (χ1n) is 10.7. The highest BCUT2D eigenvalue weighted by Crippen LogP contribution is 2.52. The van der Waals surface area contributed by atoms with Crippen LogP contribution >= 0.6 is 0 Å². The number of halogens is 3. The molecule has 0 saturated heterocycles. The lowest BCUT2D eigenvalue weighted by atomic mass is 9.86. The molecule has 9 heteroatoms. The van der Waals surface area contributed by atoms with E-state index >= 15 is 0 Å². The van der Waals surface area contributed by atoms with Gasteiger partial charge in [0.05, 0.1) is 11.1 Å². The smallest absolute Gasteiger partial charge is 0.396 e. The molecule has 0 bridgehead atoms. The minimum Gasteiger partial charge on any atom is -0.396 e. The number of rotatable bonds is 6. The van der Waals surface area contributed by atoms with Crippen LogP contribution in [0.1, 0.15) is 44.4 Å². The first-order valence-corrected chi connectivity index (χ1v) is 10.7. The highest BCUT2D eigenvalue weighted by molar-refractivity contribution is 6.02. The van der Waals surface area contributed by atoms with E-state index < -0.39 is 23.4 Å². The summed E-state index contributed by atoms with van der Waals surface area (Å²) in [5, 5.41) is 12.7. The van der Waals surface area contributed by atoms with E-state index in [1.165, 1.54) is 18.2 Å². The van der Waals surface area contributed by atoms with Gasteiger partial charge in [0, 0.05) is 34.7 Å². The van der Waals surface area contributed by atoms with E-state index in [1.807, 2.05) is 19.9 Å². The second kappa shape index (κ2) is 7.15. The number of carbonyl (C=O) groups excluding carboxylic acids is 1. The number of carbonyl (C=O) groups is 1. The Bertz CT molecular complexity index is 1260. The van der Waals surface area contributed by atoms with Crippen molar-refractivity contribution in [1.29, 1.82) is 0 Å². The van der Waals surface area contributed by atoms with E-state index in [1.54, 1.807) is 12.1 Å². The Morgan fingerprint density at radius 1 is 1.15 bits per heavy atom. The first-order chi connectivity index (χ1) is 15.5. The molecule has 2 aliphatic rings. The number of benzene rings is 2. The Morgan fingerprint density at radius 3 is 2.58 bits per heavy atom. The maximum absolute atomic E-state index is 14.8. The molecule has 174 valence electrons. The van der Waals surface area contributed by atoms with Gasteiger partial charge in [-0.2, -0.15) is 0 Å². The van der Waals surface area contributed by atoms with Gasteiger partial charge in [0.1, 0.15) is 5.82 Å². The second-order valence-corrected chi connectivity index (χ2v) is 9.33. The lowest BCUT2D eigenvalue weighted by Crippen LogP contribution is -2.28. The zero-order valence-corrected chi connectivity index (χ0v) is 18.1. The fourth-order valence-electron chi connectivity index (χ4n) is 4.29. The Balaban J connectivity index is 1.41. The average Bonchev–Trinajstić information content (AvgIpc) is 3.34. The third kappa shape index (κ3) is 3.70. The summed E-state index contributed by atoms with van der Waals surface area (Å²) < 4.78 is 50.4. The molecule has 1 fully saturated rings. The predicted molar refractivity (Wildman–Crippen MR) is 115 cm³/mol. The van der Waals surface area contributed by atoms with Gasteiger partial charge < -0.3 is 24.9 Å². The molecule has 33 heavy (non-hydrogen) atoms. The van der Waals surface area contributed by atoms with Gasteiger partial charge in [-0.05, 0) is 49.1 Å². The fraction of sp³-hybridized carbons (Fsp3) is 0.375. The molecular formula is C24H23F3N2O4. The molecule has 2 heterocycles. The van der Waals surface area contributed by atoms with E-state index in [-0.39, 0.29) is 29.2 Å². The standard InChI is InChI=1S/C24H23F3N2O4/c1-22(2,7-8-30)20-10-13-9-17(15(25)12-16(13)28-20)29-21(31)23(5-6-23)14-3-4-18-19(11-14)33-24(26,27)32-18/h3-4,9-12,28,30H,5-8H2,1-2H3,(H,29,31). The number of nitrogens with one attached hydrogen (secondary N) is 2. The number of H-pyrrole nitrogens is 1. The van der Waals surface area contributed by atoms with Crippen LogP contribution in [0, 0.1) is 5.82 Å². The molecule has 0 atom stereocenters. The van der Waals surface area contributed by atoms with Crippen molar-refractivity contribution >= 4 is 22.5 Å². The minimum absolute atomic E-state index is 0.0254. The largest absolute Gasteiger partial charge is 0.586 e. The highest BCUT2D eigenvalue weighted by Gasteiger charge is 2.53. The summed E-state index contributed by atoms with van der Waals surface area (Å²) in [5.41, 5.74) is 0.716. The molecule has 1 aliphatic heterocycles. The number of alkyl halides is 2. The SMILES string of the molecule is CC(C)(CCO)c1cc2cc(NC(=O)C3(c4ccc5c(c4)OC(F)(F)O5)CC3)c(F)cc2[nH]1. The normalized spacial score (nSPS) is 17.9. The number of anilines is 1. The zero-order valence-electron chi connectivity index (χ0n) is 18.1. The third-order valence-corrected chi connectivity index (χ3v) is 6.56. The number of aliphatic hydroxyl groups is 1. The summed E-state index contributed by atoms with van der Waals surface area (Å²) >= 11 is 0. The fourth-order valence-corrected chi connectivity index (χ4v) is 4.29. The van der Waals surface area contributed by atoms with Crippen molar-refractivity contribution in [2.45, 2.75) is 50.2 Å². The van der Waals surface area contributed by atoms with Gasteiger partial charge in [0.15, 0.2) is 11.5 Å². The number of aromatic nitrogens is 1. The quantitative estimate of drug-likeness (QED) is 0.486. The van der Waals surface area contributed by atoms with Crippen LogP contribution in [0.4, 0.5) is 18.9 Å². The molecule has 0 radical (unpaired) electrons. The van der Waals surface area contributed by atoms with Crippen LogP contribution in [0.2, 0.25) is 0 Å². The lowest BCUT2D eigenvalue weighted by Gasteiger charge is -2.21. The number of fused-ring (bicyclic) bond motifs is 2. The van der Waals surface area contributed by atoms with Gasteiger partial charge in [-0.15, -0.1) is 8.78 Å². The maximum atomic E-state index is 14.8. The Morgan fingerprint density at radius 2 is 1.88 bits per heavy atom. The van der Waals surface area contributed by atoms with Crippen molar-refractivity contribution in [3.05, 3.63) is 53.5 Å². The molecule has 6 nitrogen and oxygen atoms in total. The number of ether oxygens (including phenoxy) is 2. The van der Waals surface area contributed by atoms with Crippen LogP contribution in [0.15, 0.2) is 36.4 Å². The van der Waals surface area contributed by atoms with Gasteiger partial charge >= 0.3 is 6.29 Å². The van der Waals surface area contributed by atoms with Crippen LogP contribution in [0.25, 0.3) is 10.9 Å². The monoisotopic (exact) mass is 460 g/mol. The Hall–Kier alpha value is -3.20. The highest BCUT2D eigenvalue weighted by atomic mass is 19.3. The number of amides is 1. The lowest BCUT2D eigenvalue weighted by molar-refractivity contribution is -0.286. The van der Waals surface area contributed by atoms with Crippen LogP contribution < -0.4 is 14.8 Å². The van der Waals surface area contributed by atoms with E-state index in [0.29, 0.717) is 30.3 Å². The molecule has 0 unspecified atom stereocenters. The number of hydrogen-bond acceptors (Lipinski definition) is 4. The van der Waals surface area contributed by atoms with Crippen molar-refractivity contribution < 1.29 is 32.5 Å². The van der Waals surface area contributed by atoms with Gasteiger partial charge in [-0.1, -0.05) is 19.9 Å². The van der Waals surface area contributed by atoms with E-state index in [9.17, 15) is 23.1 Å². The van der Waals surface area contributed by atoms with Crippen molar-refractivity contribution in [3.63, 3.8) is 0 Å². The van der Waals surface area contributed by atoms with Crippen LogP contribution in [-0.4, -0.2) is 28.9 Å². The van der Waals surface area contributed by atoms with Crippen molar-refractivity contribution in [2.24, 2.45) is 0 Å². The minimum atomic E-state index is -3.74. The molecule has 1 aliphatic carbocycles. The summed E-state index contributed by atoms with van der Waals surface area (Å²) in [6, 6.07) is 9.05. The Labute approximate surface area is 187 Å². The van der Waals surface area contributed by atoms with Crippen LogP contribution in [-0.2, 0) is 15.6 Å². The van der Waals surface area contributed by atoms with Gasteiger partial charge in [-0.3, -0.25) is 4.79 Å². The average molecular weight is 460 g/mol. The molecule has 1 amide bonds. The van der Waals surface area contributed by atoms with Crippen LogP contribution in [0.5, 0.6) is 11.5 Å². The molecule has 0 spiro atoms. The number of aromatic amines is 1. The van der Waals surface area contributed by atoms with Gasteiger partial charge in [-0.25, -0.2) is 4.39 Å². The Kier molecular flexibility index (Phi) is 4.69. The summed E-state index contributed by atoms with van der Waals surface area (Å²) in [4.78, 5) is 16.3. The molecule has 2 aromatic carbocycles. The third-order valence-electron chi connectivity index (χ3n) is 6.56. The van der Waals surface area contributed by atoms with Crippen LogP contribution in [0.3, 0.4) is 0 Å². The molecule has 3 aromatic rings. The first kappa shape index (κ1) is 21.6. The molecular weight excluding hydrogens is 437 g/mol. The summed E-state index contributed by atoms with van der Waals surface area (Å²) in [5.74, 6) is -1.23. The van der Waals surface area contributed by atoms with E-state index in [0.717, 1.165) is 11.1 Å². The second-order valence-electron chi connectivity index (χ2n) is 9.33. The van der Waals surface area contributed by atoms with Crippen molar-refractivity contribution in [2.75, 3.05) is 11.9 Å². The van der Waals surface area contributed by atoms with Gasteiger partial charge in [0.25, 0.3) is 0 Å². The number of aliphatic hydroxyl groups excluding tert-OH is 1. The van der Waals surface area contributed by atoms with E-state index in [4.69, 9.17) is 0 Å². The topological polar surface area (TPSA) is 83.6 Å². The summed E-state index contributed by atoms with van der Waals surface area (Å²) in [7, 11) is 0. The molecule has 5 rings (SSSR count). The summed E-state index contributed by atoms with van der Waals surface area (Å²) in [6.45, 7) is 3.98.